The minimum Gasteiger partial charge on any atom is -0.395 e. The van der Waals surface area contributed by atoms with Gasteiger partial charge in [0.15, 0.2) is 0 Å². The van der Waals surface area contributed by atoms with Crippen molar-refractivity contribution in [2.24, 2.45) is 0 Å². The van der Waals surface area contributed by atoms with E-state index in [0.29, 0.717) is 10.6 Å². The summed E-state index contributed by atoms with van der Waals surface area (Å²) in [5.41, 5.74) is 1.54. The molecule has 1 aliphatic rings. The number of aromatic nitrogens is 1. The van der Waals surface area contributed by atoms with Crippen LogP contribution in [0.5, 0.6) is 0 Å². The fourth-order valence-corrected chi connectivity index (χ4v) is 3.43. The van der Waals surface area contributed by atoms with Crippen molar-refractivity contribution in [3.63, 3.8) is 0 Å². The van der Waals surface area contributed by atoms with Crippen LogP contribution in [0.15, 0.2) is 48.4 Å². The first-order valence-corrected chi connectivity index (χ1v) is 8.96. The van der Waals surface area contributed by atoms with E-state index < -0.39 is 11.8 Å². The Morgan fingerprint density at radius 1 is 1.19 bits per heavy atom. The maximum Gasteiger partial charge on any atom is 0.278 e. The fourth-order valence-electron chi connectivity index (χ4n) is 2.93. The van der Waals surface area contributed by atoms with Gasteiger partial charge in [-0.3, -0.25) is 19.5 Å². The van der Waals surface area contributed by atoms with Gasteiger partial charge in [-0.25, -0.2) is 0 Å². The smallest absolute Gasteiger partial charge is 0.278 e. The standard InChI is InChI=1S/C19H17Cl2N3O3/c1-23(7-8-25)17-16(14-5-4-13(20)9-15(14)21)18(26)24(19(17)27)11-12-3-2-6-22-10-12/h2-6,9-10,25H,7-8,11H2,1H3. The van der Waals surface area contributed by atoms with Crippen molar-refractivity contribution in [1.82, 2.24) is 14.8 Å². The van der Waals surface area contributed by atoms with Crippen molar-refractivity contribution in [2.45, 2.75) is 6.54 Å². The summed E-state index contributed by atoms with van der Waals surface area (Å²) >= 11 is 12.3. The third-order valence-corrected chi connectivity index (χ3v) is 4.77. The van der Waals surface area contributed by atoms with E-state index in [-0.39, 0.29) is 36.0 Å². The average molecular weight is 406 g/mol. The summed E-state index contributed by atoms with van der Waals surface area (Å²) < 4.78 is 0. The lowest BCUT2D eigenvalue weighted by atomic mass is 10.0. The Hall–Kier alpha value is -2.41. The molecule has 0 bridgehead atoms. The Labute approximate surface area is 166 Å². The van der Waals surface area contributed by atoms with Crippen molar-refractivity contribution in [1.29, 1.82) is 0 Å². The number of hydrogen-bond acceptors (Lipinski definition) is 5. The number of rotatable bonds is 6. The monoisotopic (exact) mass is 405 g/mol. The predicted octanol–water partition coefficient (Wildman–Crippen LogP) is 2.59. The number of pyridine rings is 1. The Morgan fingerprint density at radius 2 is 1.96 bits per heavy atom. The summed E-state index contributed by atoms with van der Waals surface area (Å²) in [5.74, 6) is -0.895. The summed E-state index contributed by atoms with van der Waals surface area (Å²) in [4.78, 5) is 32.9. The molecule has 0 aliphatic carbocycles. The summed E-state index contributed by atoms with van der Waals surface area (Å²) in [7, 11) is 1.65. The molecule has 0 fully saturated rings. The molecule has 0 radical (unpaired) electrons. The van der Waals surface area contributed by atoms with E-state index in [4.69, 9.17) is 23.2 Å². The second-order valence-electron chi connectivity index (χ2n) is 6.05. The van der Waals surface area contributed by atoms with Gasteiger partial charge >= 0.3 is 0 Å². The Bertz CT molecular complexity index is 916. The van der Waals surface area contributed by atoms with Gasteiger partial charge in [0.05, 0.1) is 23.7 Å². The second-order valence-corrected chi connectivity index (χ2v) is 6.89. The highest BCUT2D eigenvalue weighted by Crippen LogP contribution is 2.36. The molecule has 1 N–H and O–H groups in total. The second kappa shape index (κ2) is 8.08. The van der Waals surface area contributed by atoms with Crippen LogP contribution in [0.2, 0.25) is 10.0 Å². The molecule has 3 rings (SSSR count). The zero-order valence-electron chi connectivity index (χ0n) is 14.5. The van der Waals surface area contributed by atoms with Crippen LogP contribution in [-0.4, -0.2) is 51.9 Å². The van der Waals surface area contributed by atoms with E-state index in [9.17, 15) is 14.7 Å². The summed E-state index contributed by atoms with van der Waals surface area (Å²) in [6, 6.07) is 8.28. The van der Waals surface area contributed by atoms with Gasteiger partial charge in [-0.1, -0.05) is 35.3 Å². The number of carbonyl (C=O) groups is 2. The third kappa shape index (κ3) is 3.83. The number of aliphatic hydroxyl groups is 1. The maximum absolute atomic E-state index is 13.1. The molecule has 8 heteroatoms. The highest BCUT2D eigenvalue weighted by atomic mass is 35.5. The molecule has 1 aromatic heterocycles. The normalized spacial score (nSPS) is 14.3. The molecule has 140 valence electrons. The number of nitrogens with zero attached hydrogens (tertiary/aromatic N) is 3. The molecule has 1 aliphatic heterocycles. The maximum atomic E-state index is 13.1. The molecule has 2 amide bonds. The van der Waals surface area contributed by atoms with Crippen LogP contribution in [0.4, 0.5) is 0 Å². The number of aliphatic hydroxyl groups excluding tert-OH is 1. The zero-order chi connectivity index (χ0) is 19.6. The number of benzene rings is 1. The molecular formula is C19H17Cl2N3O3. The molecule has 0 spiro atoms. The van der Waals surface area contributed by atoms with Gasteiger partial charge < -0.3 is 10.0 Å². The highest BCUT2D eigenvalue weighted by Gasteiger charge is 2.41. The van der Waals surface area contributed by atoms with Crippen LogP contribution >= 0.6 is 23.2 Å². The molecular weight excluding hydrogens is 389 g/mol. The SMILES string of the molecule is CN(CCO)C1=C(c2ccc(Cl)cc2Cl)C(=O)N(Cc2cccnc2)C1=O. The highest BCUT2D eigenvalue weighted by molar-refractivity contribution is 6.41. The zero-order valence-corrected chi connectivity index (χ0v) is 16.0. The molecule has 0 saturated carbocycles. The van der Waals surface area contributed by atoms with Gasteiger partial charge in [0.2, 0.25) is 0 Å². The molecule has 0 saturated heterocycles. The predicted molar refractivity (Wildman–Crippen MR) is 103 cm³/mol. The minimum absolute atomic E-state index is 0.0939. The molecule has 0 unspecified atom stereocenters. The van der Waals surface area contributed by atoms with Crippen LogP contribution in [0, 0.1) is 0 Å². The van der Waals surface area contributed by atoms with Gasteiger partial charge in [-0.2, -0.15) is 0 Å². The number of likely N-dealkylation sites (N-methyl/N-ethyl adjacent to an activating group) is 1. The first kappa shape index (κ1) is 19.4. The lowest BCUT2D eigenvalue weighted by molar-refractivity contribution is -0.138. The number of amides is 2. The van der Waals surface area contributed by atoms with Gasteiger partial charge in [-0.05, 0) is 23.8 Å². The van der Waals surface area contributed by atoms with Crippen LogP contribution in [0.1, 0.15) is 11.1 Å². The summed E-state index contributed by atoms with van der Waals surface area (Å²) in [6.45, 7) is 0.131. The number of hydrogen-bond donors (Lipinski definition) is 1. The van der Waals surface area contributed by atoms with Crippen LogP contribution in [0.25, 0.3) is 5.57 Å². The number of halogens is 2. The van der Waals surface area contributed by atoms with E-state index in [2.05, 4.69) is 4.98 Å². The minimum atomic E-state index is -0.451. The van der Waals surface area contributed by atoms with E-state index in [0.717, 1.165) is 10.5 Å². The first-order valence-electron chi connectivity index (χ1n) is 8.20. The lowest BCUT2D eigenvalue weighted by Gasteiger charge is -2.20. The van der Waals surface area contributed by atoms with Crippen molar-refractivity contribution in [3.05, 3.63) is 69.6 Å². The quantitative estimate of drug-likeness (QED) is 0.747. The van der Waals surface area contributed by atoms with E-state index >= 15 is 0 Å². The largest absolute Gasteiger partial charge is 0.395 e. The third-order valence-electron chi connectivity index (χ3n) is 4.22. The van der Waals surface area contributed by atoms with Crippen molar-refractivity contribution in [2.75, 3.05) is 20.2 Å². The van der Waals surface area contributed by atoms with Crippen LogP contribution < -0.4 is 0 Å². The van der Waals surface area contributed by atoms with Gasteiger partial charge in [0, 0.05) is 36.6 Å². The molecule has 27 heavy (non-hydrogen) atoms. The van der Waals surface area contributed by atoms with Crippen LogP contribution in [-0.2, 0) is 16.1 Å². The Balaban J connectivity index is 2.07. The fraction of sp³-hybridized carbons (Fsp3) is 0.211. The first-order chi connectivity index (χ1) is 12.9. The lowest BCUT2D eigenvalue weighted by Crippen LogP contribution is -2.34. The molecule has 1 aromatic carbocycles. The summed E-state index contributed by atoms with van der Waals surface area (Å²) in [6.07, 6.45) is 3.22. The Morgan fingerprint density at radius 3 is 2.59 bits per heavy atom. The number of carbonyl (C=O) groups excluding carboxylic acids is 2. The molecule has 2 aromatic rings. The Kier molecular flexibility index (Phi) is 5.79. The van der Waals surface area contributed by atoms with E-state index in [1.54, 1.807) is 48.6 Å². The number of imide groups is 1. The van der Waals surface area contributed by atoms with Crippen molar-refractivity contribution in [3.8, 4) is 0 Å². The van der Waals surface area contributed by atoms with Crippen LogP contribution in [0.3, 0.4) is 0 Å². The van der Waals surface area contributed by atoms with Crippen molar-refractivity contribution < 1.29 is 14.7 Å². The van der Waals surface area contributed by atoms with Crippen molar-refractivity contribution >= 4 is 40.6 Å². The van der Waals surface area contributed by atoms with Gasteiger partial charge in [-0.15, -0.1) is 0 Å². The van der Waals surface area contributed by atoms with E-state index in [1.807, 2.05) is 0 Å². The molecule has 0 atom stereocenters. The topological polar surface area (TPSA) is 73.7 Å². The summed E-state index contributed by atoms with van der Waals surface area (Å²) in [5, 5.41) is 9.98. The van der Waals surface area contributed by atoms with Gasteiger partial charge in [0.25, 0.3) is 11.8 Å². The van der Waals surface area contributed by atoms with Gasteiger partial charge in [0.1, 0.15) is 5.70 Å². The average Bonchev–Trinajstić information content (AvgIpc) is 2.88. The molecule has 2 heterocycles. The van der Waals surface area contributed by atoms with E-state index in [1.165, 1.54) is 6.07 Å². The molecule has 6 nitrogen and oxygen atoms in total.